The lowest BCUT2D eigenvalue weighted by Gasteiger charge is -2.11. The number of carbonyl (C=O) groups is 3. The van der Waals surface area contributed by atoms with E-state index in [0.29, 0.717) is 22.2 Å². The smallest absolute Gasteiger partial charge is 0.338 e. The van der Waals surface area contributed by atoms with Crippen molar-refractivity contribution in [1.82, 2.24) is 0 Å². The van der Waals surface area contributed by atoms with Crippen LogP contribution in [0.5, 0.6) is 11.5 Å². The number of ether oxygens (including phenoxy) is 3. The highest BCUT2D eigenvalue weighted by atomic mass is 35.5. The summed E-state index contributed by atoms with van der Waals surface area (Å²) in [6.45, 7) is -0.759. The summed E-state index contributed by atoms with van der Waals surface area (Å²) >= 11 is 5.89. The predicted octanol–water partition coefficient (Wildman–Crippen LogP) is 2.01. The number of esters is 1. The zero-order chi connectivity index (χ0) is 19.8. The molecule has 0 aromatic heterocycles. The van der Waals surface area contributed by atoms with Gasteiger partial charge in [0.1, 0.15) is 11.5 Å². The molecule has 0 spiro atoms. The van der Waals surface area contributed by atoms with Crippen LogP contribution in [0.15, 0.2) is 42.5 Å². The predicted molar refractivity (Wildman–Crippen MR) is 98.0 cm³/mol. The van der Waals surface area contributed by atoms with Crippen molar-refractivity contribution in [2.75, 3.05) is 25.6 Å². The molecule has 0 fully saturated rings. The largest absolute Gasteiger partial charge is 0.495 e. The van der Waals surface area contributed by atoms with Gasteiger partial charge in [0.2, 0.25) is 0 Å². The van der Waals surface area contributed by atoms with Crippen LogP contribution in [0.2, 0.25) is 5.02 Å². The highest BCUT2D eigenvalue weighted by Crippen LogP contribution is 2.27. The van der Waals surface area contributed by atoms with Gasteiger partial charge in [-0.15, -0.1) is 0 Å². The zero-order valence-electron chi connectivity index (χ0n) is 14.4. The number of rotatable bonds is 8. The third-order valence-electron chi connectivity index (χ3n) is 3.24. The van der Waals surface area contributed by atoms with Crippen molar-refractivity contribution in [3.8, 4) is 11.5 Å². The Morgan fingerprint density at radius 2 is 1.78 bits per heavy atom. The normalized spacial score (nSPS) is 10.0. The number of nitrogens with two attached hydrogens (primary N) is 1. The molecule has 8 nitrogen and oxygen atoms in total. The minimum absolute atomic E-state index is 0.217. The fourth-order valence-corrected chi connectivity index (χ4v) is 2.19. The summed E-state index contributed by atoms with van der Waals surface area (Å²) in [7, 11) is 1.45. The van der Waals surface area contributed by atoms with Crippen LogP contribution in [-0.4, -0.2) is 38.1 Å². The van der Waals surface area contributed by atoms with Gasteiger partial charge in [-0.3, -0.25) is 9.59 Å². The van der Waals surface area contributed by atoms with Crippen molar-refractivity contribution in [2.24, 2.45) is 5.73 Å². The van der Waals surface area contributed by atoms with E-state index in [1.54, 1.807) is 12.1 Å². The Morgan fingerprint density at radius 1 is 1.07 bits per heavy atom. The van der Waals surface area contributed by atoms with Crippen LogP contribution in [0.4, 0.5) is 5.69 Å². The molecule has 0 saturated carbocycles. The molecular weight excluding hydrogens is 376 g/mol. The molecule has 3 N–H and O–H groups in total. The van der Waals surface area contributed by atoms with Gasteiger partial charge in [-0.2, -0.15) is 0 Å². The molecule has 0 aliphatic carbocycles. The maximum absolute atomic E-state index is 12.0. The van der Waals surface area contributed by atoms with Gasteiger partial charge < -0.3 is 25.3 Å². The first-order chi connectivity index (χ1) is 12.9. The van der Waals surface area contributed by atoms with Gasteiger partial charge in [-0.25, -0.2) is 4.79 Å². The van der Waals surface area contributed by atoms with E-state index in [9.17, 15) is 14.4 Å². The van der Waals surface area contributed by atoms with Gasteiger partial charge in [0.05, 0.1) is 18.4 Å². The topological polar surface area (TPSA) is 117 Å². The van der Waals surface area contributed by atoms with Crippen molar-refractivity contribution >= 4 is 35.1 Å². The Morgan fingerprint density at radius 3 is 2.41 bits per heavy atom. The lowest BCUT2D eigenvalue weighted by atomic mass is 10.2. The van der Waals surface area contributed by atoms with Crippen LogP contribution in [0, 0.1) is 0 Å². The molecule has 0 aliphatic heterocycles. The average molecular weight is 393 g/mol. The number of primary amides is 1. The Labute approximate surface area is 160 Å². The first-order valence-electron chi connectivity index (χ1n) is 7.70. The summed E-state index contributed by atoms with van der Waals surface area (Å²) < 4.78 is 15.2. The highest BCUT2D eigenvalue weighted by Gasteiger charge is 2.13. The number of hydrogen-bond acceptors (Lipinski definition) is 6. The van der Waals surface area contributed by atoms with Gasteiger partial charge in [-0.05, 0) is 42.5 Å². The van der Waals surface area contributed by atoms with Crippen LogP contribution < -0.4 is 20.5 Å². The summed E-state index contributed by atoms with van der Waals surface area (Å²) in [5.74, 6) is -1.06. The van der Waals surface area contributed by atoms with Crippen molar-refractivity contribution in [2.45, 2.75) is 0 Å². The molecule has 0 heterocycles. The quantitative estimate of drug-likeness (QED) is 0.663. The Hall–Kier alpha value is -3.26. The summed E-state index contributed by atoms with van der Waals surface area (Å²) in [5.41, 5.74) is 5.56. The molecule has 0 atom stereocenters. The number of methoxy groups -OCH3 is 1. The van der Waals surface area contributed by atoms with Crippen molar-refractivity contribution < 1.29 is 28.6 Å². The number of halogens is 1. The Balaban J connectivity index is 1.88. The van der Waals surface area contributed by atoms with Crippen LogP contribution in [0.25, 0.3) is 0 Å². The fourth-order valence-electron chi connectivity index (χ4n) is 2.02. The van der Waals surface area contributed by atoms with Crippen LogP contribution in [0.3, 0.4) is 0 Å². The first kappa shape index (κ1) is 20.1. The fraction of sp³-hybridized carbons (Fsp3) is 0.167. The summed E-state index contributed by atoms with van der Waals surface area (Å²) in [5, 5.41) is 2.97. The van der Waals surface area contributed by atoms with Crippen molar-refractivity contribution in [3.05, 3.63) is 53.1 Å². The van der Waals surface area contributed by atoms with Crippen molar-refractivity contribution in [1.29, 1.82) is 0 Å². The van der Waals surface area contributed by atoms with Gasteiger partial charge >= 0.3 is 5.97 Å². The number of carbonyl (C=O) groups excluding carboxylic acids is 3. The molecular formula is C18H17ClN2O6. The van der Waals surface area contributed by atoms with Crippen LogP contribution in [-0.2, 0) is 14.3 Å². The van der Waals surface area contributed by atoms with E-state index in [0.717, 1.165) is 0 Å². The maximum Gasteiger partial charge on any atom is 0.338 e. The van der Waals surface area contributed by atoms with E-state index in [-0.39, 0.29) is 12.2 Å². The second kappa shape index (κ2) is 9.44. The van der Waals surface area contributed by atoms with E-state index in [1.807, 2.05) is 0 Å². The minimum atomic E-state index is -0.690. The maximum atomic E-state index is 12.0. The highest BCUT2D eigenvalue weighted by molar-refractivity contribution is 6.31. The number of nitrogens with one attached hydrogen (secondary N) is 1. The number of benzene rings is 2. The molecule has 0 saturated heterocycles. The molecule has 2 aromatic carbocycles. The number of amides is 2. The average Bonchev–Trinajstić information content (AvgIpc) is 2.65. The molecule has 0 unspecified atom stereocenters. The van der Waals surface area contributed by atoms with Gasteiger partial charge in [0.25, 0.3) is 11.8 Å². The third-order valence-corrected chi connectivity index (χ3v) is 3.48. The summed E-state index contributed by atoms with van der Waals surface area (Å²) in [6.07, 6.45) is 0. The summed E-state index contributed by atoms with van der Waals surface area (Å²) in [6, 6.07) is 10.6. The second-order valence-corrected chi connectivity index (χ2v) is 5.68. The molecule has 0 radical (unpaired) electrons. The molecule has 2 rings (SSSR count). The van der Waals surface area contributed by atoms with E-state index < -0.39 is 24.4 Å². The van der Waals surface area contributed by atoms with E-state index >= 15 is 0 Å². The standard InChI is InChI=1S/C18H17ClN2O6/c1-25-15-7-4-12(19)8-14(15)21-17(23)10-27-18(24)11-2-5-13(6-3-11)26-9-16(20)22/h2-8H,9-10H2,1H3,(H2,20,22)(H,21,23). The Kier molecular flexibility index (Phi) is 7.01. The number of anilines is 1. The van der Waals surface area contributed by atoms with E-state index in [2.05, 4.69) is 5.32 Å². The molecule has 27 heavy (non-hydrogen) atoms. The van der Waals surface area contributed by atoms with E-state index in [4.69, 9.17) is 31.5 Å². The molecule has 2 amide bonds. The lowest BCUT2D eigenvalue weighted by Crippen LogP contribution is -2.21. The second-order valence-electron chi connectivity index (χ2n) is 5.25. The number of hydrogen-bond donors (Lipinski definition) is 2. The Bertz CT molecular complexity index is 838. The van der Waals surface area contributed by atoms with Gasteiger partial charge in [-0.1, -0.05) is 11.6 Å². The minimum Gasteiger partial charge on any atom is -0.495 e. The molecule has 9 heteroatoms. The molecule has 142 valence electrons. The van der Waals surface area contributed by atoms with Gasteiger partial charge in [0, 0.05) is 5.02 Å². The SMILES string of the molecule is COc1ccc(Cl)cc1NC(=O)COC(=O)c1ccc(OCC(N)=O)cc1. The third kappa shape index (κ3) is 6.19. The molecule has 2 aromatic rings. The zero-order valence-corrected chi connectivity index (χ0v) is 15.1. The van der Waals surface area contributed by atoms with Crippen LogP contribution >= 0.6 is 11.6 Å². The monoisotopic (exact) mass is 392 g/mol. The van der Waals surface area contributed by atoms with Crippen LogP contribution in [0.1, 0.15) is 10.4 Å². The summed E-state index contributed by atoms with van der Waals surface area (Å²) in [4.78, 5) is 34.6. The van der Waals surface area contributed by atoms with Gasteiger partial charge in [0.15, 0.2) is 13.2 Å². The van der Waals surface area contributed by atoms with E-state index in [1.165, 1.54) is 37.4 Å². The molecule has 0 aliphatic rings. The first-order valence-corrected chi connectivity index (χ1v) is 8.08. The lowest BCUT2D eigenvalue weighted by molar-refractivity contribution is -0.120. The van der Waals surface area contributed by atoms with Crippen molar-refractivity contribution in [3.63, 3.8) is 0 Å². The molecule has 0 bridgehead atoms.